The minimum atomic E-state index is -0.506. The van der Waals surface area contributed by atoms with Gasteiger partial charge in [-0.1, -0.05) is 18.2 Å². The molecule has 25 heavy (non-hydrogen) atoms. The molecular formula is C19H26N4O2. The van der Waals surface area contributed by atoms with Crippen molar-refractivity contribution in [2.45, 2.75) is 32.4 Å². The number of aromatic nitrogens is 2. The molecule has 1 saturated heterocycles. The largest absolute Gasteiger partial charge is 0.385 e. The van der Waals surface area contributed by atoms with E-state index in [1.165, 1.54) is 6.92 Å². The summed E-state index contributed by atoms with van der Waals surface area (Å²) in [7, 11) is 1.92. The third-order valence-corrected chi connectivity index (χ3v) is 4.92. The fourth-order valence-electron chi connectivity index (χ4n) is 3.51. The maximum atomic E-state index is 11.4. The van der Waals surface area contributed by atoms with Crippen molar-refractivity contribution in [1.29, 1.82) is 0 Å². The van der Waals surface area contributed by atoms with Crippen molar-refractivity contribution in [2.24, 2.45) is 13.0 Å². The second-order valence-corrected chi connectivity index (χ2v) is 6.79. The lowest BCUT2D eigenvalue weighted by Crippen LogP contribution is -2.35. The number of piperidine rings is 1. The number of likely N-dealkylation sites (tertiary alicyclic amines) is 1. The molecule has 3 rings (SSSR count). The first-order chi connectivity index (χ1) is 12.0. The van der Waals surface area contributed by atoms with Gasteiger partial charge in [0.1, 0.15) is 11.9 Å². The topological polar surface area (TPSA) is 70.4 Å². The van der Waals surface area contributed by atoms with Crippen LogP contribution < -0.4 is 5.32 Å². The number of aliphatic hydroxyl groups is 1. The van der Waals surface area contributed by atoms with Crippen LogP contribution in [-0.4, -0.2) is 38.6 Å². The Labute approximate surface area is 148 Å². The fourth-order valence-corrected chi connectivity index (χ4v) is 3.51. The third kappa shape index (κ3) is 4.27. The number of nitrogens with one attached hydrogen (secondary N) is 1. The molecule has 1 unspecified atom stereocenters. The summed E-state index contributed by atoms with van der Waals surface area (Å²) >= 11 is 0. The molecule has 1 amide bonds. The van der Waals surface area contributed by atoms with Gasteiger partial charge in [0.05, 0.1) is 0 Å². The van der Waals surface area contributed by atoms with E-state index in [2.05, 4.69) is 21.3 Å². The van der Waals surface area contributed by atoms with Crippen LogP contribution in [0.3, 0.4) is 0 Å². The second-order valence-electron chi connectivity index (χ2n) is 6.79. The van der Waals surface area contributed by atoms with E-state index in [-0.39, 0.29) is 11.8 Å². The SMILES string of the molecule is CC(=O)Nc1ccccc1CN1CCC(C(O)c2nccn2C)CC1. The molecule has 0 spiro atoms. The number of carbonyl (C=O) groups is 1. The molecule has 6 heteroatoms. The third-order valence-electron chi connectivity index (χ3n) is 4.92. The zero-order valence-electron chi connectivity index (χ0n) is 14.9. The van der Waals surface area contributed by atoms with Crippen LogP contribution in [0.5, 0.6) is 0 Å². The second kappa shape index (κ2) is 7.80. The summed E-state index contributed by atoms with van der Waals surface area (Å²) in [6.07, 6.45) is 4.97. The molecule has 1 aromatic heterocycles. The Bertz CT molecular complexity index is 720. The summed E-state index contributed by atoms with van der Waals surface area (Å²) in [5.74, 6) is 0.932. The number of carbonyl (C=O) groups excluding carboxylic acids is 1. The van der Waals surface area contributed by atoms with E-state index in [0.717, 1.165) is 49.6 Å². The lowest BCUT2D eigenvalue weighted by molar-refractivity contribution is -0.114. The molecule has 1 aromatic carbocycles. The highest BCUT2D eigenvalue weighted by atomic mass is 16.3. The van der Waals surface area contributed by atoms with Crippen molar-refractivity contribution >= 4 is 11.6 Å². The number of imidazole rings is 1. The van der Waals surface area contributed by atoms with Gasteiger partial charge in [-0.25, -0.2) is 4.98 Å². The summed E-state index contributed by atoms with van der Waals surface area (Å²) in [5.41, 5.74) is 2.01. The fraction of sp³-hybridized carbons (Fsp3) is 0.474. The van der Waals surface area contributed by atoms with Crippen LogP contribution in [0.4, 0.5) is 5.69 Å². The molecule has 1 aliphatic heterocycles. The van der Waals surface area contributed by atoms with Crippen LogP contribution in [0.25, 0.3) is 0 Å². The Morgan fingerprint density at radius 2 is 2.08 bits per heavy atom. The molecule has 1 aliphatic rings. The first kappa shape index (κ1) is 17.6. The van der Waals surface area contributed by atoms with Crippen LogP contribution in [0, 0.1) is 5.92 Å². The van der Waals surface area contributed by atoms with E-state index in [0.29, 0.717) is 0 Å². The summed E-state index contributed by atoms with van der Waals surface area (Å²) in [5, 5.41) is 13.5. The van der Waals surface area contributed by atoms with E-state index < -0.39 is 6.10 Å². The van der Waals surface area contributed by atoms with Crippen LogP contribution in [-0.2, 0) is 18.4 Å². The molecule has 1 fully saturated rings. The lowest BCUT2D eigenvalue weighted by Gasteiger charge is -2.34. The molecule has 2 aromatic rings. The number of amides is 1. The van der Waals surface area contributed by atoms with E-state index in [1.54, 1.807) is 6.20 Å². The Balaban J connectivity index is 1.58. The van der Waals surface area contributed by atoms with Crippen molar-refractivity contribution in [1.82, 2.24) is 14.5 Å². The van der Waals surface area contributed by atoms with Gasteiger partial charge >= 0.3 is 0 Å². The van der Waals surface area contributed by atoms with Gasteiger partial charge in [-0.2, -0.15) is 0 Å². The summed E-state index contributed by atoms with van der Waals surface area (Å²) in [6.45, 7) is 4.20. The molecule has 6 nitrogen and oxygen atoms in total. The number of hydrogen-bond donors (Lipinski definition) is 2. The summed E-state index contributed by atoms with van der Waals surface area (Å²) in [4.78, 5) is 18.0. The number of aryl methyl sites for hydroxylation is 1. The molecule has 0 bridgehead atoms. The monoisotopic (exact) mass is 342 g/mol. The minimum Gasteiger partial charge on any atom is -0.385 e. The molecule has 2 N–H and O–H groups in total. The van der Waals surface area contributed by atoms with Crippen molar-refractivity contribution in [3.05, 3.63) is 48.0 Å². The normalized spacial score (nSPS) is 17.4. The lowest BCUT2D eigenvalue weighted by atomic mass is 9.90. The molecule has 2 heterocycles. The molecule has 1 atom stereocenters. The predicted molar refractivity (Wildman–Crippen MR) is 96.9 cm³/mol. The van der Waals surface area contributed by atoms with Gasteiger partial charge < -0.3 is 15.0 Å². The van der Waals surface area contributed by atoms with E-state index >= 15 is 0 Å². The van der Waals surface area contributed by atoms with E-state index in [1.807, 2.05) is 36.0 Å². The number of aliphatic hydroxyl groups excluding tert-OH is 1. The van der Waals surface area contributed by atoms with Gasteiger partial charge in [0, 0.05) is 38.6 Å². The zero-order chi connectivity index (χ0) is 17.8. The van der Waals surface area contributed by atoms with Crippen LogP contribution >= 0.6 is 0 Å². The molecule has 0 radical (unpaired) electrons. The van der Waals surface area contributed by atoms with Gasteiger partial charge in [-0.05, 0) is 43.5 Å². The Hall–Kier alpha value is -2.18. The van der Waals surface area contributed by atoms with Crippen molar-refractivity contribution < 1.29 is 9.90 Å². The Morgan fingerprint density at radius 1 is 1.36 bits per heavy atom. The number of rotatable bonds is 5. The molecule has 0 aliphatic carbocycles. The summed E-state index contributed by atoms with van der Waals surface area (Å²) in [6, 6.07) is 7.93. The highest BCUT2D eigenvalue weighted by molar-refractivity contribution is 5.89. The molecule has 0 saturated carbocycles. The van der Waals surface area contributed by atoms with Gasteiger partial charge in [0.15, 0.2) is 0 Å². The van der Waals surface area contributed by atoms with Crippen molar-refractivity contribution in [3.63, 3.8) is 0 Å². The smallest absolute Gasteiger partial charge is 0.221 e. The first-order valence-corrected chi connectivity index (χ1v) is 8.77. The minimum absolute atomic E-state index is 0.0515. The van der Waals surface area contributed by atoms with Crippen LogP contribution in [0.2, 0.25) is 0 Å². The Morgan fingerprint density at radius 3 is 2.72 bits per heavy atom. The number of nitrogens with zero attached hydrogens (tertiary/aromatic N) is 3. The average Bonchev–Trinajstić information content (AvgIpc) is 3.02. The van der Waals surface area contributed by atoms with Crippen molar-refractivity contribution in [3.8, 4) is 0 Å². The van der Waals surface area contributed by atoms with Crippen molar-refractivity contribution in [2.75, 3.05) is 18.4 Å². The Kier molecular flexibility index (Phi) is 5.50. The number of anilines is 1. The highest BCUT2D eigenvalue weighted by Crippen LogP contribution is 2.30. The van der Waals surface area contributed by atoms with E-state index in [9.17, 15) is 9.90 Å². The maximum Gasteiger partial charge on any atom is 0.221 e. The van der Waals surface area contributed by atoms with E-state index in [4.69, 9.17) is 0 Å². The van der Waals surface area contributed by atoms with Crippen LogP contribution in [0.15, 0.2) is 36.7 Å². The standard InChI is InChI=1S/C19H26N4O2/c1-14(24)21-17-6-4-3-5-16(17)13-23-10-7-15(8-11-23)18(25)19-20-9-12-22(19)2/h3-6,9,12,15,18,25H,7-8,10-11,13H2,1-2H3,(H,21,24). The maximum absolute atomic E-state index is 11.4. The quantitative estimate of drug-likeness (QED) is 0.875. The predicted octanol–water partition coefficient (Wildman–Crippen LogP) is 2.32. The molecular weight excluding hydrogens is 316 g/mol. The molecule has 134 valence electrons. The highest BCUT2D eigenvalue weighted by Gasteiger charge is 2.28. The number of benzene rings is 1. The number of hydrogen-bond acceptors (Lipinski definition) is 4. The number of para-hydroxylation sites is 1. The zero-order valence-corrected chi connectivity index (χ0v) is 14.9. The van der Waals surface area contributed by atoms with Gasteiger partial charge in [0.25, 0.3) is 0 Å². The van der Waals surface area contributed by atoms with Gasteiger partial charge in [0.2, 0.25) is 5.91 Å². The average molecular weight is 342 g/mol. The first-order valence-electron chi connectivity index (χ1n) is 8.77. The van der Waals surface area contributed by atoms with Gasteiger partial charge in [-0.15, -0.1) is 0 Å². The van der Waals surface area contributed by atoms with Gasteiger partial charge in [-0.3, -0.25) is 9.69 Å². The van der Waals surface area contributed by atoms with Crippen LogP contribution in [0.1, 0.15) is 37.3 Å². The summed E-state index contributed by atoms with van der Waals surface area (Å²) < 4.78 is 1.89.